The first-order chi connectivity index (χ1) is 11.5. The zero-order valence-electron chi connectivity index (χ0n) is 15.0. The summed E-state index contributed by atoms with van der Waals surface area (Å²) in [5, 5.41) is 13.7. The van der Waals surface area contributed by atoms with E-state index in [0.717, 1.165) is 30.2 Å². The van der Waals surface area contributed by atoms with Gasteiger partial charge in [-0.2, -0.15) is 0 Å². The highest BCUT2D eigenvalue weighted by atomic mass is 16.3. The van der Waals surface area contributed by atoms with Crippen LogP contribution in [0.4, 0.5) is 0 Å². The molecule has 0 radical (unpaired) electrons. The van der Waals surface area contributed by atoms with E-state index in [1.54, 1.807) is 0 Å². The summed E-state index contributed by atoms with van der Waals surface area (Å²) in [6, 6.07) is 12.1. The topological polar surface area (TPSA) is 52.8 Å². The fourth-order valence-corrected chi connectivity index (χ4v) is 2.60. The molecule has 0 aliphatic heterocycles. The summed E-state index contributed by atoms with van der Waals surface area (Å²) in [6.07, 6.45) is 1.44. The van der Waals surface area contributed by atoms with Crippen LogP contribution in [-0.2, 0) is 13.6 Å². The lowest BCUT2D eigenvalue weighted by atomic mass is 10.1. The van der Waals surface area contributed by atoms with Crippen LogP contribution < -0.4 is 5.32 Å². The van der Waals surface area contributed by atoms with Gasteiger partial charge in [-0.25, -0.2) is 0 Å². The van der Waals surface area contributed by atoms with E-state index in [-0.39, 0.29) is 0 Å². The summed E-state index contributed by atoms with van der Waals surface area (Å²) in [6.45, 7) is 5.95. The van der Waals surface area contributed by atoms with Gasteiger partial charge in [0.15, 0.2) is 5.96 Å². The van der Waals surface area contributed by atoms with Crippen molar-refractivity contribution in [1.82, 2.24) is 14.8 Å². The third-order valence-corrected chi connectivity index (χ3v) is 3.99. The number of aliphatic hydroxyl groups is 1. The molecule has 0 saturated carbocycles. The predicted octanol–water partition coefficient (Wildman–Crippen LogP) is 2.46. The number of aliphatic imine (C=N–C) groups is 1. The highest BCUT2D eigenvalue weighted by Gasteiger charge is 2.11. The van der Waals surface area contributed by atoms with Crippen molar-refractivity contribution in [3.8, 4) is 0 Å². The summed E-state index contributed by atoms with van der Waals surface area (Å²) in [5.41, 5.74) is 3.25. The summed E-state index contributed by atoms with van der Waals surface area (Å²) in [7, 11) is 4.04. The minimum absolute atomic E-state index is 0.337. The van der Waals surface area contributed by atoms with Crippen LogP contribution in [0.15, 0.2) is 47.6 Å². The molecule has 0 fully saturated rings. The Bertz CT molecular complexity index is 678. The normalized spacial score (nSPS) is 13.0. The van der Waals surface area contributed by atoms with Crippen LogP contribution in [0, 0.1) is 6.92 Å². The fraction of sp³-hybridized carbons (Fsp3) is 0.421. The van der Waals surface area contributed by atoms with Crippen molar-refractivity contribution in [1.29, 1.82) is 0 Å². The van der Waals surface area contributed by atoms with Crippen LogP contribution in [-0.4, -0.2) is 40.7 Å². The number of nitrogens with one attached hydrogen (secondary N) is 1. The molecule has 24 heavy (non-hydrogen) atoms. The Balaban J connectivity index is 2.05. The molecule has 1 atom stereocenters. The summed E-state index contributed by atoms with van der Waals surface area (Å²) >= 11 is 0. The first kappa shape index (κ1) is 18.1. The molecule has 1 aromatic heterocycles. The monoisotopic (exact) mass is 328 g/mol. The van der Waals surface area contributed by atoms with Crippen molar-refractivity contribution >= 4 is 5.96 Å². The largest absolute Gasteiger partial charge is 0.386 e. The minimum atomic E-state index is -0.595. The first-order valence-electron chi connectivity index (χ1n) is 8.35. The van der Waals surface area contributed by atoms with Crippen LogP contribution in [0.1, 0.15) is 29.8 Å². The van der Waals surface area contributed by atoms with Gasteiger partial charge in [-0.1, -0.05) is 29.8 Å². The van der Waals surface area contributed by atoms with Crippen molar-refractivity contribution in [2.24, 2.45) is 12.0 Å². The summed E-state index contributed by atoms with van der Waals surface area (Å²) in [4.78, 5) is 6.67. The Kier molecular flexibility index (Phi) is 6.44. The molecule has 5 nitrogen and oxygen atoms in total. The molecule has 0 spiro atoms. The zero-order chi connectivity index (χ0) is 17.5. The SMILES string of the molecule is CCNC(=NCC(O)c1cccc(C)c1)N(C)Cc1cccn1C. The number of hydrogen-bond donors (Lipinski definition) is 2. The van der Waals surface area contributed by atoms with Gasteiger partial charge < -0.3 is 19.9 Å². The number of rotatable bonds is 6. The lowest BCUT2D eigenvalue weighted by molar-refractivity contribution is 0.186. The molecular weight excluding hydrogens is 300 g/mol. The zero-order valence-corrected chi connectivity index (χ0v) is 15.0. The molecule has 0 aliphatic rings. The van der Waals surface area contributed by atoms with Crippen LogP contribution in [0.3, 0.4) is 0 Å². The Morgan fingerprint density at radius 2 is 2.12 bits per heavy atom. The molecule has 0 saturated heterocycles. The molecule has 1 unspecified atom stereocenters. The third-order valence-electron chi connectivity index (χ3n) is 3.99. The second-order valence-electron chi connectivity index (χ2n) is 6.09. The van der Waals surface area contributed by atoms with Crippen LogP contribution in [0.5, 0.6) is 0 Å². The lowest BCUT2D eigenvalue weighted by Crippen LogP contribution is -2.39. The highest BCUT2D eigenvalue weighted by molar-refractivity contribution is 5.79. The van der Waals surface area contributed by atoms with Crippen LogP contribution >= 0.6 is 0 Å². The van der Waals surface area contributed by atoms with Crippen molar-refractivity contribution < 1.29 is 5.11 Å². The van der Waals surface area contributed by atoms with Crippen molar-refractivity contribution in [3.05, 3.63) is 59.4 Å². The maximum Gasteiger partial charge on any atom is 0.194 e. The van der Waals surface area contributed by atoms with Gasteiger partial charge in [0.1, 0.15) is 0 Å². The second kappa shape index (κ2) is 8.55. The van der Waals surface area contributed by atoms with E-state index < -0.39 is 6.10 Å². The Hall–Kier alpha value is -2.27. The average Bonchev–Trinajstić information content (AvgIpc) is 2.96. The lowest BCUT2D eigenvalue weighted by Gasteiger charge is -2.23. The average molecular weight is 328 g/mol. The van der Waals surface area contributed by atoms with Gasteiger partial charge in [0.05, 0.1) is 19.2 Å². The molecule has 2 N–H and O–H groups in total. The van der Waals surface area contributed by atoms with Gasteiger partial charge >= 0.3 is 0 Å². The molecule has 1 aromatic carbocycles. The van der Waals surface area contributed by atoms with Gasteiger partial charge in [-0.3, -0.25) is 4.99 Å². The molecule has 5 heteroatoms. The number of aryl methyl sites for hydroxylation is 2. The van der Waals surface area contributed by atoms with E-state index in [9.17, 15) is 5.11 Å². The number of benzene rings is 1. The highest BCUT2D eigenvalue weighted by Crippen LogP contribution is 2.14. The minimum Gasteiger partial charge on any atom is -0.386 e. The Morgan fingerprint density at radius 1 is 1.33 bits per heavy atom. The molecule has 1 heterocycles. The van der Waals surface area contributed by atoms with Crippen molar-refractivity contribution in [3.63, 3.8) is 0 Å². The van der Waals surface area contributed by atoms with E-state index in [2.05, 4.69) is 25.8 Å². The van der Waals surface area contributed by atoms with Gasteiger partial charge in [-0.15, -0.1) is 0 Å². The van der Waals surface area contributed by atoms with E-state index in [1.807, 2.05) is 64.5 Å². The number of nitrogens with zero attached hydrogens (tertiary/aromatic N) is 3. The van der Waals surface area contributed by atoms with Gasteiger partial charge in [-0.05, 0) is 31.5 Å². The molecule has 0 amide bonds. The maximum atomic E-state index is 10.4. The summed E-state index contributed by atoms with van der Waals surface area (Å²) < 4.78 is 2.10. The molecule has 0 aliphatic carbocycles. The molecule has 2 aromatic rings. The number of aromatic nitrogens is 1. The standard InChI is InChI=1S/C19H28N4O/c1-5-20-19(23(4)14-17-10-7-11-22(17)3)21-13-18(24)16-9-6-8-15(2)12-16/h6-12,18,24H,5,13-14H2,1-4H3,(H,20,21). The smallest absolute Gasteiger partial charge is 0.194 e. The molecule has 130 valence electrons. The quantitative estimate of drug-likeness (QED) is 0.633. The molecule has 2 rings (SSSR count). The predicted molar refractivity (Wildman–Crippen MR) is 99.0 cm³/mol. The van der Waals surface area contributed by atoms with Crippen LogP contribution in [0.25, 0.3) is 0 Å². The van der Waals surface area contributed by atoms with Crippen LogP contribution in [0.2, 0.25) is 0 Å². The third kappa shape index (κ3) is 4.86. The fourth-order valence-electron chi connectivity index (χ4n) is 2.60. The molecular formula is C19H28N4O. The molecule has 0 bridgehead atoms. The van der Waals surface area contributed by atoms with Gasteiger partial charge in [0, 0.05) is 32.5 Å². The number of aliphatic hydroxyl groups excluding tert-OH is 1. The van der Waals surface area contributed by atoms with E-state index in [4.69, 9.17) is 0 Å². The van der Waals surface area contributed by atoms with Gasteiger partial charge in [0.2, 0.25) is 0 Å². The Labute approximate surface area is 144 Å². The first-order valence-corrected chi connectivity index (χ1v) is 8.35. The number of guanidine groups is 1. The summed E-state index contributed by atoms with van der Waals surface area (Å²) in [5.74, 6) is 0.797. The number of hydrogen-bond acceptors (Lipinski definition) is 2. The van der Waals surface area contributed by atoms with E-state index in [1.165, 1.54) is 5.69 Å². The maximum absolute atomic E-state index is 10.4. The Morgan fingerprint density at radius 3 is 2.75 bits per heavy atom. The van der Waals surface area contributed by atoms with Crippen molar-refractivity contribution in [2.75, 3.05) is 20.1 Å². The second-order valence-corrected chi connectivity index (χ2v) is 6.09. The van der Waals surface area contributed by atoms with Gasteiger partial charge in [0.25, 0.3) is 0 Å². The van der Waals surface area contributed by atoms with E-state index >= 15 is 0 Å². The van der Waals surface area contributed by atoms with E-state index in [0.29, 0.717) is 6.54 Å². The van der Waals surface area contributed by atoms with Crippen molar-refractivity contribution in [2.45, 2.75) is 26.5 Å².